The van der Waals surface area contributed by atoms with Gasteiger partial charge in [-0.3, -0.25) is 9.59 Å². The summed E-state index contributed by atoms with van der Waals surface area (Å²) in [7, 11) is 1.66. The Morgan fingerprint density at radius 2 is 2.15 bits per heavy atom. The number of hydrogen-bond donors (Lipinski definition) is 1. The Hall–Kier alpha value is -2.04. The van der Waals surface area contributed by atoms with Crippen LogP contribution in [0, 0.1) is 5.92 Å². The molecule has 0 unspecified atom stereocenters. The first kappa shape index (κ1) is 14.4. The van der Waals surface area contributed by atoms with Crippen molar-refractivity contribution in [2.24, 2.45) is 5.92 Å². The molecule has 1 fully saturated rings. The lowest BCUT2D eigenvalue weighted by molar-refractivity contribution is -0.150. The highest BCUT2D eigenvalue weighted by Gasteiger charge is 2.40. The van der Waals surface area contributed by atoms with Gasteiger partial charge in [0.05, 0.1) is 18.6 Å². The Labute approximate surface area is 118 Å². The van der Waals surface area contributed by atoms with Gasteiger partial charge in [0.25, 0.3) is 0 Å². The van der Waals surface area contributed by atoms with Crippen LogP contribution in [0.2, 0.25) is 0 Å². The number of likely N-dealkylation sites (tertiary alicyclic amines) is 1. The predicted octanol–water partition coefficient (Wildman–Crippen LogP) is 2.08. The van der Waals surface area contributed by atoms with Crippen molar-refractivity contribution in [1.29, 1.82) is 0 Å². The van der Waals surface area contributed by atoms with Gasteiger partial charge in [0.2, 0.25) is 5.91 Å². The normalized spacial score (nSPS) is 22.7. The molecule has 0 bridgehead atoms. The van der Waals surface area contributed by atoms with Crippen molar-refractivity contribution in [3.05, 3.63) is 29.8 Å². The third-order valence-corrected chi connectivity index (χ3v) is 3.72. The highest BCUT2D eigenvalue weighted by molar-refractivity contribution is 5.81. The number of aliphatic carboxylic acids is 1. The minimum absolute atomic E-state index is 0.0289. The molecule has 0 saturated carbocycles. The molecule has 0 aromatic heterocycles. The second-order valence-electron chi connectivity index (χ2n) is 4.90. The van der Waals surface area contributed by atoms with Gasteiger partial charge in [0.15, 0.2) is 0 Å². The van der Waals surface area contributed by atoms with Crippen molar-refractivity contribution in [1.82, 2.24) is 4.90 Å². The molecule has 1 aliphatic rings. The highest BCUT2D eigenvalue weighted by Crippen LogP contribution is 2.39. The third-order valence-electron chi connectivity index (χ3n) is 3.72. The maximum absolute atomic E-state index is 11.9. The summed E-state index contributed by atoms with van der Waals surface area (Å²) >= 11 is 0. The van der Waals surface area contributed by atoms with Crippen molar-refractivity contribution >= 4 is 11.9 Å². The molecule has 1 heterocycles. The van der Waals surface area contributed by atoms with Crippen molar-refractivity contribution in [3.8, 4) is 5.75 Å². The molecule has 2 atom stereocenters. The monoisotopic (exact) mass is 277 g/mol. The Kier molecular flexibility index (Phi) is 4.27. The molecule has 2 rings (SSSR count). The van der Waals surface area contributed by atoms with Crippen LogP contribution in [-0.4, -0.2) is 35.5 Å². The maximum atomic E-state index is 11.9. The van der Waals surface area contributed by atoms with E-state index in [-0.39, 0.29) is 12.3 Å². The van der Waals surface area contributed by atoms with E-state index in [1.54, 1.807) is 7.05 Å². The van der Waals surface area contributed by atoms with Crippen LogP contribution in [0.15, 0.2) is 24.3 Å². The number of nitrogens with zero attached hydrogens (tertiary/aromatic N) is 1. The lowest BCUT2D eigenvalue weighted by atomic mass is 9.84. The van der Waals surface area contributed by atoms with Crippen molar-refractivity contribution in [3.63, 3.8) is 0 Å². The lowest BCUT2D eigenvalue weighted by Crippen LogP contribution is -2.43. The number of amides is 1. The smallest absolute Gasteiger partial charge is 0.308 e. The van der Waals surface area contributed by atoms with Crippen molar-refractivity contribution in [2.75, 3.05) is 13.7 Å². The number of hydrogen-bond acceptors (Lipinski definition) is 3. The van der Waals surface area contributed by atoms with Gasteiger partial charge in [-0.2, -0.15) is 0 Å². The second kappa shape index (κ2) is 5.94. The highest BCUT2D eigenvalue weighted by atomic mass is 16.5. The van der Waals surface area contributed by atoms with Crippen LogP contribution in [-0.2, 0) is 9.59 Å². The van der Waals surface area contributed by atoms with E-state index in [1.165, 1.54) is 4.90 Å². The summed E-state index contributed by atoms with van der Waals surface area (Å²) in [5.74, 6) is -0.855. The predicted molar refractivity (Wildman–Crippen MR) is 73.5 cm³/mol. The van der Waals surface area contributed by atoms with Crippen LogP contribution in [0.25, 0.3) is 0 Å². The summed E-state index contributed by atoms with van der Waals surface area (Å²) in [5, 5.41) is 9.42. The fourth-order valence-electron chi connectivity index (χ4n) is 2.73. The van der Waals surface area contributed by atoms with E-state index in [4.69, 9.17) is 4.74 Å². The SMILES string of the molecule is CCOc1ccccc1[C@@H]1[C@@H](C(=O)O)CCC(=O)N1C. The Balaban J connectivity index is 2.44. The largest absolute Gasteiger partial charge is 0.494 e. The van der Waals surface area contributed by atoms with Crippen LogP contribution in [0.4, 0.5) is 0 Å². The molecule has 1 aromatic rings. The van der Waals surface area contributed by atoms with Gasteiger partial charge in [0.1, 0.15) is 5.75 Å². The van der Waals surface area contributed by atoms with Crippen LogP contribution in [0.3, 0.4) is 0 Å². The second-order valence-corrected chi connectivity index (χ2v) is 4.90. The number of para-hydroxylation sites is 1. The molecule has 0 aliphatic carbocycles. The average molecular weight is 277 g/mol. The summed E-state index contributed by atoms with van der Waals surface area (Å²) in [6.45, 7) is 2.38. The fraction of sp³-hybridized carbons (Fsp3) is 0.467. The van der Waals surface area contributed by atoms with Gasteiger partial charge in [0, 0.05) is 19.0 Å². The number of carbonyl (C=O) groups excluding carboxylic acids is 1. The minimum atomic E-state index is -0.874. The van der Waals surface area contributed by atoms with E-state index in [9.17, 15) is 14.7 Å². The summed E-state index contributed by atoms with van der Waals surface area (Å²) in [4.78, 5) is 24.9. The van der Waals surface area contributed by atoms with Crippen LogP contribution in [0.1, 0.15) is 31.4 Å². The topological polar surface area (TPSA) is 66.8 Å². The molecule has 1 saturated heterocycles. The number of benzene rings is 1. The van der Waals surface area contributed by atoms with E-state index in [2.05, 4.69) is 0 Å². The zero-order valence-corrected chi connectivity index (χ0v) is 11.7. The van der Waals surface area contributed by atoms with E-state index in [0.717, 1.165) is 5.56 Å². The van der Waals surface area contributed by atoms with Gasteiger partial charge in [-0.1, -0.05) is 18.2 Å². The number of piperidine rings is 1. The molecule has 0 spiro atoms. The number of carbonyl (C=O) groups is 2. The van der Waals surface area contributed by atoms with E-state index in [1.807, 2.05) is 31.2 Å². The van der Waals surface area contributed by atoms with Crippen LogP contribution in [0.5, 0.6) is 5.75 Å². The molecular weight excluding hydrogens is 258 g/mol. The summed E-state index contributed by atoms with van der Waals surface area (Å²) in [5.41, 5.74) is 0.761. The zero-order chi connectivity index (χ0) is 14.7. The molecule has 1 aliphatic heterocycles. The van der Waals surface area contributed by atoms with Crippen LogP contribution >= 0.6 is 0 Å². The molecule has 1 N–H and O–H groups in total. The molecule has 108 valence electrons. The van der Waals surface area contributed by atoms with Crippen LogP contribution < -0.4 is 4.74 Å². The van der Waals surface area contributed by atoms with Crippen molar-refractivity contribution in [2.45, 2.75) is 25.8 Å². The minimum Gasteiger partial charge on any atom is -0.494 e. The molecule has 20 heavy (non-hydrogen) atoms. The molecule has 0 radical (unpaired) electrons. The molecule has 5 heteroatoms. The van der Waals surface area contributed by atoms with E-state index < -0.39 is 17.9 Å². The first-order valence-electron chi connectivity index (χ1n) is 6.76. The number of carboxylic acids is 1. The number of ether oxygens (including phenoxy) is 1. The van der Waals surface area contributed by atoms with Crippen molar-refractivity contribution < 1.29 is 19.4 Å². The number of carboxylic acid groups (broad SMARTS) is 1. The molecule has 1 amide bonds. The Morgan fingerprint density at radius 1 is 1.45 bits per heavy atom. The van der Waals surface area contributed by atoms with Gasteiger partial charge in [-0.25, -0.2) is 0 Å². The fourth-order valence-corrected chi connectivity index (χ4v) is 2.73. The van der Waals surface area contributed by atoms with E-state index >= 15 is 0 Å². The number of rotatable bonds is 4. The summed E-state index contributed by atoms with van der Waals surface area (Å²) in [6, 6.07) is 6.85. The third kappa shape index (κ3) is 2.61. The Morgan fingerprint density at radius 3 is 2.80 bits per heavy atom. The standard InChI is InChI=1S/C15H19NO4/c1-3-20-12-7-5-4-6-10(12)14-11(15(18)19)8-9-13(17)16(14)2/h4-7,11,14H,3,8-9H2,1-2H3,(H,18,19)/t11-,14+/m0/s1. The zero-order valence-electron chi connectivity index (χ0n) is 11.7. The summed E-state index contributed by atoms with van der Waals surface area (Å²) < 4.78 is 5.57. The first-order chi connectivity index (χ1) is 9.56. The van der Waals surface area contributed by atoms with Gasteiger partial charge >= 0.3 is 5.97 Å². The molecule has 1 aromatic carbocycles. The summed E-state index contributed by atoms with van der Waals surface area (Å²) in [6.07, 6.45) is 0.643. The first-order valence-corrected chi connectivity index (χ1v) is 6.76. The maximum Gasteiger partial charge on any atom is 0.308 e. The average Bonchev–Trinajstić information content (AvgIpc) is 2.42. The molecular formula is C15H19NO4. The lowest BCUT2D eigenvalue weighted by Gasteiger charge is -2.37. The van der Waals surface area contributed by atoms with Gasteiger partial charge in [-0.15, -0.1) is 0 Å². The van der Waals surface area contributed by atoms with Gasteiger partial charge < -0.3 is 14.7 Å². The Bertz CT molecular complexity index is 514. The molecule has 5 nitrogen and oxygen atoms in total. The van der Waals surface area contributed by atoms with E-state index in [0.29, 0.717) is 18.8 Å². The quantitative estimate of drug-likeness (QED) is 0.915. The van der Waals surface area contributed by atoms with Gasteiger partial charge in [-0.05, 0) is 19.4 Å².